The Labute approximate surface area is 106 Å². The van der Waals surface area contributed by atoms with Crippen molar-refractivity contribution < 1.29 is 13.9 Å². The highest BCUT2D eigenvalue weighted by molar-refractivity contribution is 6.55. The molecule has 0 aromatic heterocycles. The average molecular weight is 271 g/mol. The van der Waals surface area contributed by atoms with Crippen LogP contribution in [0, 0.1) is 5.92 Å². The quantitative estimate of drug-likeness (QED) is 0.654. The van der Waals surface area contributed by atoms with Crippen molar-refractivity contribution in [3.05, 3.63) is 10.6 Å². The normalized spacial score (nSPS) is 14.1. The minimum Gasteiger partial charge on any atom is -0.465 e. The van der Waals surface area contributed by atoms with Crippen molar-refractivity contribution in [3.63, 3.8) is 0 Å². The van der Waals surface area contributed by atoms with Gasteiger partial charge in [0, 0.05) is 0 Å². The fourth-order valence-electron chi connectivity index (χ4n) is 1.27. The number of ether oxygens (including phenoxy) is 1. The molecule has 0 aliphatic carbocycles. The van der Waals surface area contributed by atoms with Crippen LogP contribution in [0.4, 0.5) is 4.39 Å². The largest absolute Gasteiger partial charge is 0.465 e. The number of alkyl halides is 1. The summed E-state index contributed by atoms with van der Waals surface area (Å²) in [6.07, 6.45) is 1.78. The third-order valence-electron chi connectivity index (χ3n) is 2.09. The van der Waals surface area contributed by atoms with Crippen LogP contribution < -0.4 is 0 Å². The van der Waals surface area contributed by atoms with Gasteiger partial charge in [-0.1, -0.05) is 43.0 Å². The molecule has 0 heterocycles. The van der Waals surface area contributed by atoms with E-state index >= 15 is 0 Å². The minimum absolute atomic E-state index is 0.114. The molecule has 0 saturated carbocycles. The second-order valence-corrected chi connectivity index (χ2v) is 4.40. The lowest BCUT2D eigenvalue weighted by Gasteiger charge is -2.16. The summed E-state index contributed by atoms with van der Waals surface area (Å²) in [6, 6.07) is 0. The zero-order valence-electron chi connectivity index (χ0n) is 9.51. The van der Waals surface area contributed by atoms with Crippen molar-refractivity contribution in [1.82, 2.24) is 0 Å². The first-order valence-electron chi connectivity index (χ1n) is 5.36. The second-order valence-electron chi connectivity index (χ2n) is 3.39. The lowest BCUT2D eigenvalue weighted by atomic mass is 9.99. The first-order valence-corrected chi connectivity index (χ1v) is 6.12. The number of carbonyl (C=O) groups is 1. The Morgan fingerprint density at radius 1 is 1.44 bits per heavy atom. The monoisotopic (exact) mass is 270 g/mol. The SMILES string of the molecule is CCCC[C@@H](F)[C@H](C=C(Cl)Cl)C(=O)OCC. The Bertz CT molecular complexity index is 240. The fraction of sp³-hybridized carbons (Fsp3) is 0.727. The van der Waals surface area contributed by atoms with Crippen molar-refractivity contribution in [2.24, 2.45) is 5.92 Å². The molecule has 0 saturated heterocycles. The maximum Gasteiger partial charge on any atom is 0.315 e. The molecule has 0 aromatic rings. The molecule has 0 bridgehead atoms. The van der Waals surface area contributed by atoms with E-state index in [2.05, 4.69) is 0 Å². The number of hydrogen-bond acceptors (Lipinski definition) is 2. The Balaban J connectivity index is 4.53. The van der Waals surface area contributed by atoms with Crippen LogP contribution in [0.2, 0.25) is 0 Å². The Morgan fingerprint density at radius 3 is 2.50 bits per heavy atom. The van der Waals surface area contributed by atoms with Gasteiger partial charge in [0.15, 0.2) is 0 Å². The van der Waals surface area contributed by atoms with Gasteiger partial charge in [0.1, 0.15) is 16.6 Å². The van der Waals surface area contributed by atoms with Gasteiger partial charge < -0.3 is 4.74 Å². The van der Waals surface area contributed by atoms with Gasteiger partial charge in [0.2, 0.25) is 0 Å². The lowest BCUT2D eigenvalue weighted by Crippen LogP contribution is -2.25. The molecule has 0 aliphatic rings. The zero-order valence-corrected chi connectivity index (χ0v) is 11.0. The van der Waals surface area contributed by atoms with Crippen LogP contribution in [0.25, 0.3) is 0 Å². The van der Waals surface area contributed by atoms with Gasteiger partial charge in [0.25, 0.3) is 0 Å². The topological polar surface area (TPSA) is 26.3 Å². The predicted molar refractivity (Wildman–Crippen MR) is 64.3 cm³/mol. The molecule has 5 heteroatoms. The third-order valence-corrected chi connectivity index (χ3v) is 2.34. The number of carbonyl (C=O) groups excluding carboxylic acids is 1. The first-order chi connectivity index (χ1) is 7.52. The van der Waals surface area contributed by atoms with Gasteiger partial charge >= 0.3 is 5.97 Å². The summed E-state index contributed by atoms with van der Waals surface area (Å²) in [5.74, 6) is -1.62. The molecular weight excluding hydrogens is 254 g/mol. The van der Waals surface area contributed by atoms with E-state index in [0.717, 1.165) is 6.42 Å². The fourth-order valence-corrected chi connectivity index (χ4v) is 1.54. The lowest BCUT2D eigenvalue weighted by molar-refractivity contribution is -0.148. The summed E-state index contributed by atoms with van der Waals surface area (Å²) in [7, 11) is 0. The number of halogens is 3. The van der Waals surface area contributed by atoms with Crippen molar-refractivity contribution in [3.8, 4) is 0 Å². The molecule has 0 aromatic carbocycles. The predicted octanol–water partition coefficient (Wildman–Crippen LogP) is 4.01. The molecular formula is C11H17Cl2FO2. The van der Waals surface area contributed by atoms with Crippen LogP contribution in [-0.4, -0.2) is 18.7 Å². The number of esters is 1. The van der Waals surface area contributed by atoms with Gasteiger partial charge in [-0.05, 0) is 19.4 Å². The van der Waals surface area contributed by atoms with Crippen LogP contribution >= 0.6 is 23.2 Å². The highest BCUT2D eigenvalue weighted by atomic mass is 35.5. The number of rotatable bonds is 7. The van der Waals surface area contributed by atoms with Crippen molar-refractivity contribution in [2.75, 3.05) is 6.61 Å². The van der Waals surface area contributed by atoms with E-state index in [4.69, 9.17) is 27.9 Å². The van der Waals surface area contributed by atoms with Gasteiger partial charge in [-0.3, -0.25) is 4.79 Å². The molecule has 0 radical (unpaired) electrons. The van der Waals surface area contributed by atoms with E-state index in [1.165, 1.54) is 6.08 Å². The van der Waals surface area contributed by atoms with E-state index < -0.39 is 18.1 Å². The summed E-state index contributed by atoms with van der Waals surface area (Å²) >= 11 is 10.9. The molecule has 0 unspecified atom stereocenters. The third kappa shape index (κ3) is 6.33. The Kier molecular flexibility index (Phi) is 8.67. The maximum absolute atomic E-state index is 13.7. The summed E-state index contributed by atoms with van der Waals surface area (Å²) < 4.78 is 18.4. The maximum atomic E-state index is 13.7. The molecule has 94 valence electrons. The highest BCUT2D eigenvalue weighted by Gasteiger charge is 2.27. The zero-order chi connectivity index (χ0) is 12.6. The number of hydrogen-bond donors (Lipinski definition) is 0. The molecule has 0 N–H and O–H groups in total. The minimum atomic E-state index is -1.30. The molecule has 0 aliphatic heterocycles. The van der Waals surface area contributed by atoms with Gasteiger partial charge in [0.05, 0.1) is 6.61 Å². The van der Waals surface area contributed by atoms with Crippen LogP contribution in [0.3, 0.4) is 0 Å². The van der Waals surface area contributed by atoms with Gasteiger partial charge in [-0.2, -0.15) is 0 Å². The standard InChI is InChI=1S/C11H17Cl2FO2/c1-3-5-6-9(14)8(7-10(12)13)11(15)16-4-2/h7-9H,3-6H2,1-2H3/t8-,9+/m0/s1. The van der Waals surface area contributed by atoms with E-state index in [0.29, 0.717) is 12.8 Å². The van der Waals surface area contributed by atoms with E-state index in [1.807, 2.05) is 6.92 Å². The van der Waals surface area contributed by atoms with Crippen molar-refractivity contribution >= 4 is 29.2 Å². The molecule has 2 nitrogen and oxygen atoms in total. The summed E-state index contributed by atoms with van der Waals surface area (Å²) in [6.45, 7) is 3.83. The van der Waals surface area contributed by atoms with Crippen LogP contribution in [0.5, 0.6) is 0 Å². The average Bonchev–Trinajstić information content (AvgIpc) is 2.22. The van der Waals surface area contributed by atoms with Crippen LogP contribution in [-0.2, 0) is 9.53 Å². The molecule has 0 amide bonds. The van der Waals surface area contributed by atoms with Crippen molar-refractivity contribution in [1.29, 1.82) is 0 Å². The smallest absolute Gasteiger partial charge is 0.315 e. The summed E-state index contributed by atoms with van der Waals surface area (Å²) in [5, 5.41) is 0. The molecule has 2 atom stereocenters. The molecule has 0 spiro atoms. The summed E-state index contributed by atoms with van der Waals surface area (Å²) in [4.78, 5) is 11.5. The first kappa shape index (κ1) is 15.7. The van der Waals surface area contributed by atoms with E-state index in [9.17, 15) is 9.18 Å². The molecule has 16 heavy (non-hydrogen) atoms. The second kappa shape index (κ2) is 8.82. The highest BCUT2D eigenvalue weighted by Crippen LogP contribution is 2.22. The summed E-state index contributed by atoms with van der Waals surface area (Å²) in [5.41, 5.74) is 0. The Hall–Kier alpha value is -0.280. The van der Waals surface area contributed by atoms with Crippen molar-refractivity contribution in [2.45, 2.75) is 39.3 Å². The van der Waals surface area contributed by atoms with E-state index in [-0.39, 0.29) is 11.1 Å². The Morgan fingerprint density at radius 2 is 2.06 bits per heavy atom. The van der Waals surface area contributed by atoms with E-state index in [1.54, 1.807) is 6.92 Å². The van der Waals surface area contributed by atoms with Gasteiger partial charge in [-0.15, -0.1) is 0 Å². The number of unbranched alkanes of at least 4 members (excludes halogenated alkanes) is 1. The molecule has 0 fully saturated rings. The van der Waals surface area contributed by atoms with Crippen LogP contribution in [0.1, 0.15) is 33.1 Å². The molecule has 0 rings (SSSR count). The van der Waals surface area contributed by atoms with Gasteiger partial charge in [-0.25, -0.2) is 4.39 Å². The van der Waals surface area contributed by atoms with Crippen LogP contribution in [0.15, 0.2) is 10.6 Å².